The maximum Gasteiger partial charge on any atom is 0.240 e. The molecule has 8 nitrogen and oxygen atoms in total. The van der Waals surface area contributed by atoms with Crippen LogP contribution >= 0.6 is 11.9 Å². The van der Waals surface area contributed by atoms with Gasteiger partial charge in [0.2, 0.25) is 11.8 Å². The molecule has 2 aromatic carbocycles. The lowest BCUT2D eigenvalue weighted by atomic mass is 10.0. The molecular weight excluding hydrogens is 462 g/mol. The Hall–Kier alpha value is -3.06. The van der Waals surface area contributed by atoms with Crippen molar-refractivity contribution >= 4 is 51.4 Å². The lowest BCUT2D eigenvalue weighted by Crippen LogP contribution is -2.48. The Balaban J connectivity index is 1.34. The molecule has 1 saturated carbocycles. The van der Waals surface area contributed by atoms with Gasteiger partial charge in [0, 0.05) is 40.5 Å². The predicted octanol–water partition coefficient (Wildman–Crippen LogP) is 3.71. The van der Waals surface area contributed by atoms with E-state index in [1.54, 1.807) is 4.90 Å². The Morgan fingerprint density at radius 3 is 2.77 bits per heavy atom. The van der Waals surface area contributed by atoms with Crippen LogP contribution < -0.4 is 20.3 Å². The van der Waals surface area contributed by atoms with Crippen LogP contribution in [0.5, 0.6) is 0 Å². The number of nitrogens with zero attached hydrogens (tertiary/aromatic N) is 2. The van der Waals surface area contributed by atoms with Crippen molar-refractivity contribution in [2.24, 2.45) is 5.92 Å². The van der Waals surface area contributed by atoms with E-state index in [2.05, 4.69) is 41.3 Å². The van der Waals surface area contributed by atoms with E-state index < -0.39 is 11.6 Å². The van der Waals surface area contributed by atoms with Crippen LogP contribution in [-0.4, -0.2) is 43.0 Å². The molecule has 1 aromatic heterocycles. The minimum atomic E-state index is -0.679. The van der Waals surface area contributed by atoms with Crippen molar-refractivity contribution < 1.29 is 14.0 Å². The molecule has 35 heavy (non-hydrogen) atoms. The number of carbonyl (C=O) groups is 2. The number of nitrogens with one attached hydrogen (secondary N) is 3. The van der Waals surface area contributed by atoms with E-state index in [9.17, 15) is 14.9 Å². The third kappa shape index (κ3) is 5.01. The number of hydrogen-bond donors (Lipinski definition) is 3. The van der Waals surface area contributed by atoms with Crippen molar-refractivity contribution in [3.8, 4) is 6.07 Å². The molecule has 9 heteroatoms. The van der Waals surface area contributed by atoms with Crippen molar-refractivity contribution in [3.05, 3.63) is 36.4 Å². The third-order valence-corrected chi connectivity index (χ3v) is 7.39. The highest BCUT2D eigenvalue weighted by molar-refractivity contribution is 7.97. The Morgan fingerprint density at radius 2 is 2.06 bits per heavy atom. The molecule has 2 heterocycles. The fourth-order valence-corrected chi connectivity index (χ4v) is 5.18. The van der Waals surface area contributed by atoms with Crippen LogP contribution in [0.2, 0.25) is 0 Å². The lowest BCUT2D eigenvalue weighted by molar-refractivity contribution is -0.123. The summed E-state index contributed by atoms with van der Waals surface area (Å²) in [6.45, 7) is 5.91. The average Bonchev–Trinajstić information content (AvgIpc) is 3.53. The van der Waals surface area contributed by atoms with E-state index in [0.29, 0.717) is 38.3 Å². The van der Waals surface area contributed by atoms with E-state index in [1.165, 1.54) is 11.9 Å². The maximum absolute atomic E-state index is 12.9. The molecule has 3 N–H and O–H groups in total. The fraction of sp³-hybridized carbons (Fsp3) is 0.423. The summed E-state index contributed by atoms with van der Waals surface area (Å²) in [5.74, 6) is 0.252. The van der Waals surface area contributed by atoms with Crippen LogP contribution in [0.25, 0.3) is 21.9 Å². The van der Waals surface area contributed by atoms with Crippen molar-refractivity contribution in [2.75, 3.05) is 24.5 Å². The van der Waals surface area contributed by atoms with Gasteiger partial charge in [-0.05, 0) is 67.5 Å². The zero-order valence-corrected chi connectivity index (χ0v) is 20.7. The first kappa shape index (κ1) is 23.7. The van der Waals surface area contributed by atoms with E-state index in [4.69, 9.17) is 4.42 Å². The summed E-state index contributed by atoms with van der Waals surface area (Å²) in [7, 11) is 0. The Labute approximate surface area is 208 Å². The second-order valence-electron chi connectivity index (χ2n) is 9.75. The van der Waals surface area contributed by atoms with Gasteiger partial charge >= 0.3 is 0 Å². The summed E-state index contributed by atoms with van der Waals surface area (Å²) in [6.07, 6.45) is 2.10. The molecule has 0 bridgehead atoms. The van der Waals surface area contributed by atoms with Gasteiger partial charge in [0.25, 0.3) is 0 Å². The van der Waals surface area contributed by atoms with Crippen LogP contribution in [-0.2, 0) is 9.59 Å². The zero-order chi connectivity index (χ0) is 24.6. The number of anilines is 1. The fourth-order valence-electron chi connectivity index (χ4n) is 4.39. The van der Waals surface area contributed by atoms with Gasteiger partial charge in [0.1, 0.15) is 16.7 Å². The van der Waals surface area contributed by atoms with Crippen molar-refractivity contribution in [2.45, 2.75) is 49.6 Å². The molecular formula is C26H29N5O3S. The van der Waals surface area contributed by atoms with Gasteiger partial charge in [-0.15, -0.1) is 0 Å². The molecule has 0 unspecified atom stereocenters. The van der Waals surface area contributed by atoms with Crippen LogP contribution in [0.1, 0.15) is 33.1 Å². The number of hydrogen-bond acceptors (Lipinski definition) is 7. The Kier molecular flexibility index (Phi) is 6.45. The topological polar surface area (TPSA) is 110 Å². The second-order valence-corrected chi connectivity index (χ2v) is 10.7. The molecule has 2 aliphatic rings. The number of benzene rings is 2. The van der Waals surface area contributed by atoms with Gasteiger partial charge in [-0.25, -0.2) is 4.72 Å². The van der Waals surface area contributed by atoms with E-state index in [0.717, 1.165) is 39.1 Å². The van der Waals surface area contributed by atoms with Gasteiger partial charge in [0.15, 0.2) is 0 Å². The maximum atomic E-state index is 12.9. The monoisotopic (exact) mass is 491 g/mol. The largest absolute Gasteiger partial charge is 0.456 e. The second kappa shape index (κ2) is 9.53. The number of amides is 2. The van der Waals surface area contributed by atoms with E-state index in [1.807, 2.05) is 30.3 Å². The smallest absolute Gasteiger partial charge is 0.240 e. The van der Waals surface area contributed by atoms with Crippen LogP contribution in [0.3, 0.4) is 0 Å². The molecule has 2 fully saturated rings. The third-order valence-electron chi connectivity index (χ3n) is 6.50. The highest BCUT2D eigenvalue weighted by Crippen LogP contribution is 2.35. The number of carbonyl (C=O) groups excluding carboxylic acids is 2. The van der Waals surface area contributed by atoms with E-state index >= 15 is 0 Å². The summed E-state index contributed by atoms with van der Waals surface area (Å²) in [6, 6.07) is 13.7. The van der Waals surface area contributed by atoms with Gasteiger partial charge < -0.3 is 20.0 Å². The van der Waals surface area contributed by atoms with Crippen LogP contribution in [0.15, 0.2) is 45.7 Å². The summed E-state index contributed by atoms with van der Waals surface area (Å²) in [4.78, 5) is 27.9. The number of piperazine rings is 1. The quantitative estimate of drug-likeness (QED) is 0.412. The molecule has 3 aromatic rings. The van der Waals surface area contributed by atoms with Gasteiger partial charge in [-0.1, -0.05) is 13.8 Å². The summed E-state index contributed by atoms with van der Waals surface area (Å²) >= 11 is 1.41. The molecule has 0 spiro atoms. The molecule has 2 amide bonds. The number of furan rings is 1. The molecule has 182 valence electrons. The molecule has 5 rings (SSSR count). The molecule has 1 aliphatic carbocycles. The summed E-state index contributed by atoms with van der Waals surface area (Å²) in [5, 5.41) is 17.3. The predicted molar refractivity (Wildman–Crippen MR) is 137 cm³/mol. The first-order valence-corrected chi connectivity index (χ1v) is 12.8. The van der Waals surface area contributed by atoms with Crippen molar-refractivity contribution in [1.82, 2.24) is 15.4 Å². The van der Waals surface area contributed by atoms with E-state index in [-0.39, 0.29) is 11.8 Å². The first-order chi connectivity index (χ1) is 16.9. The minimum absolute atomic E-state index is 0.0545. The van der Waals surface area contributed by atoms with Crippen molar-refractivity contribution in [1.29, 1.82) is 5.26 Å². The highest BCUT2D eigenvalue weighted by Gasteiger charge is 2.45. The molecule has 0 radical (unpaired) electrons. The Morgan fingerprint density at radius 1 is 1.23 bits per heavy atom. The van der Waals surface area contributed by atoms with Gasteiger partial charge in [-0.2, -0.15) is 5.26 Å². The standard InChI is InChI=1S/C26H29N5O3S/c1-16(2)11-21(25(33)29-26(15-27)7-8-26)30-35-18-4-6-22-20(13-18)19-5-3-17(12-23(19)34-22)31-10-9-28-14-24(31)32/h3-6,12-13,16,21,28,30H,7-11,14H2,1-2H3,(H,29,33)/t21-/m0/s1. The molecule has 1 aliphatic heterocycles. The average molecular weight is 492 g/mol. The number of fused-ring (bicyclic) bond motifs is 3. The zero-order valence-electron chi connectivity index (χ0n) is 19.9. The van der Waals surface area contributed by atoms with Gasteiger partial charge in [-0.3, -0.25) is 9.59 Å². The highest BCUT2D eigenvalue weighted by atomic mass is 32.2. The SMILES string of the molecule is CC(C)C[C@H](NSc1ccc2oc3cc(N4CCNCC4=O)ccc3c2c1)C(=O)NC1(C#N)CC1. The summed E-state index contributed by atoms with van der Waals surface area (Å²) in [5.41, 5.74) is 1.67. The van der Waals surface area contributed by atoms with Crippen LogP contribution in [0, 0.1) is 17.2 Å². The first-order valence-electron chi connectivity index (χ1n) is 12.0. The van der Waals surface area contributed by atoms with Gasteiger partial charge in [0.05, 0.1) is 18.7 Å². The number of rotatable bonds is 8. The molecule has 1 atom stereocenters. The summed E-state index contributed by atoms with van der Waals surface area (Å²) < 4.78 is 9.40. The minimum Gasteiger partial charge on any atom is -0.456 e. The van der Waals surface area contributed by atoms with Crippen LogP contribution in [0.4, 0.5) is 5.69 Å². The normalized spacial score (nSPS) is 18.1. The molecule has 1 saturated heterocycles. The Bertz CT molecular complexity index is 1320. The number of nitriles is 1. The lowest BCUT2D eigenvalue weighted by Gasteiger charge is -2.27. The van der Waals surface area contributed by atoms with Crippen molar-refractivity contribution in [3.63, 3.8) is 0 Å².